The smallest absolute Gasteiger partial charge is 0.260 e. The lowest BCUT2D eigenvalue weighted by atomic mass is 10.2. The van der Waals surface area contributed by atoms with Crippen LogP contribution in [0.3, 0.4) is 0 Å². The maximum absolute atomic E-state index is 12.6. The summed E-state index contributed by atoms with van der Waals surface area (Å²) in [7, 11) is -0.257. The number of carbonyl (C=O) groups excluding carboxylic acids is 1. The Morgan fingerprint density at radius 3 is 2.47 bits per heavy atom. The summed E-state index contributed by atoms with van der Waals surface area (Å²) in [4.78, 5) is 14.1. The molecule has 0 aliphatic carbocycles. The van der Waals surface area contributed by atoms with Crippen LogP contribution in [0.1, 0.15) is 5.56 Å². The number of likely N-dealkylation sites (N-methyl/N-ethyl adjacent to an activating group) is 1. The summed E-state index contributed by atoms with van der Waals surface area (Å²) in [5.74, 6) is 0.971. The molecule has 1 saturated heterocycles. The van der Waals surface area contributed by atoms with E-state index in [4.69, 9.17) is 14.2 Å². The van der Waals surface area contributed by atoms with Crippen molar-refractivity contribution in [2.45, 2.75) is 11.4 Å². The Morgan fingerprint density at radius 2 is 1.80 bits per heavy atom. The number of sulfonamides is 1. The van der Waals surface area contributed by atoms with Gasteiger partial charge < -0.3 is 19.1 Å². The zero-order valence-electron chi connectivity index (χ0n) is 17.1. The number of rotatable bonds is 8. The average molecular weight is 435 g/mol. The number of hydrogen-bond donors (Lipinski definition) is 0. The number of ether oxygens (including phenoxy) is 3. The minimum Gasteiger partial charge on any atom is -0.497 e. The molecule has 1 aliphatic rings. The summed E-state index contributed by atoms with van der Waals surface area (Å²) in [6.45, 7) is 1.76. The number of morpholine rings is 1. The van der Waals surface area contributed by atoms with Gasteiger partial charge in [-0.3, -0.25) is 4.79 Å². The summed E-state index contributed by atoms with van der Waals surface area (Å²) in [6.07, 6.45) is 0. The molecule has 1 amide bonds. The highest BCUT2D eigenvalue weighted by Crippen LogP contribution is 2.20. The van der Waals surface area contributed by atoms with Crippen molar-refractivity contribution in [3.05, 3.63) is 54.1 Å². The van der Waals surface area contributed by atoms with Crippen molar-refractivity contribution in [3.63, 3.8) is 0 Å². The molecule has 0 aromatic heterocycles. The predicted octanol–water partition coefficient (Wildman–Crippen LogP) is 1.75. The van der Waals surface area contributed by atoms with E-state index in [0.29, 0.717) is 38.6 Å². The van der Waals surface area contributed by atoms with Gasteiger partial charge in [-0.05, 0) is 42.0 Å². The highest BCUT2D eigenvalue weighted by atomic mass is 32.2. The largest absolute Gasteiger partial charge is 0.497 e. The van der Waals surface area contributed by atoms with E-state index < -0.39 is 10.0 Å². The molecule has 0 bridgehead atoms. The molecule has 2 aromatic carbocycles. The maximum atomic E-state index is 12.6. The number of carbonyl (C=O) groups is 1. The Bertz CT molecular complexity index is 956. The second kappa shape index (κ2) is 9.92. The molecule has 3 rings (SSSR count). The zero-order valence-corrected chi connectivity index (χ0v) is 17.9. The van der Waals surface area contributed by atoms with E-state index in [9.17, 15) is 13.2 Å². The Kier molecular flexibility index (Phi) is 7.30. The summed E-state index contributed by atoms with van der Waals surface area (Å²) in [5, 5.41) is 0. The SMILES string of the molecule is COc1cccc(CN(C)C(=O)COc2ccc(S(=O)(=O)N3CCOCC3)cc2)c1. The van der Waals surface area contributed by atoms with E-state index >= 15 is 0 Å². The molecule has 9 heteroatoms. The standard InChI is InChI=1S/C21H26N2O6S/c1-22(15-17-4-3-5-19(14-17)27-2)21(24)16-29-18-6-8-20(9-7-18)30(25,26)23-10-12-28-13-11-23/h3-9,14H,10-13,15-16H2,1-2H3. The van der Waals surface area contributed by atoms with Crippen molar-refractivity contribution in [2.75, 3.05) is 47.1 Å². The number of benzene rings is 2. The molecule has 0 atom stereocenters. The number of hydrogen-bond acceptors (Lipinski definition) is 6. The number of amides is 1. The van der Waals surface area contributed by atoms with Crippen molar-refractivity contribution in [3.8, 4) is 11.5 Å². The van der Waals surface area contributed by atoms with E-state index in [2.05, 4.69) is 0 Å². The topological polar surface area (TPSA) is 85.4 Å². The molecule has 162 valence electrons. The molecule has 0 radical (unpaired) electrons. The first-order valence-corrected chi connectivity index (χ1v) is 11.0. The third-order valence-corrected chi connectivity index (χ3v) is 6.69. The summed E-state index contributed by atoms with van der Waals surface area (Å²) in [6, 6.07) is 13.6. The normalized spacial score (nSPS) is 14.9. The molecular weight excluding hydrogens is 408 g/mol. The lowest BCUT2D eigenvalue weighted by molar-refractivity contribution is -0.132. The van der Waals surface area contributed by atoms with E-state index in [1.54, 1.807) is 31.2 Å². The average Bonchev–Trinajstić information content (AvgIpc) is 2.78. The third kappa shape index (κ3) is 5.50. The minimum absolute atomic E-state index is 0.143. The fourth-order valence-corrected chi connectivity index (χ4v) is 4.44. The highest BCUT2D eigenvalue weighted by molar-refractivity contribution is 7.89. The van der Waals surface area contributed by atoms with Gasteiger partial charge in [0.2, 0.25) is 10.0 Å². The maximum Gasteiger partial charge on any atom is 0.260 e. The molecule has 30 heavy (non-hydrogen) atoms. The molecular formula is C21H26N2O6S. The van der Waals surface area contributed by atoms with E-state index in [0.717, 1.165) is 11.3 Å². The first-order valence-electron chi connectivity index (χ1n) is 9.58. The Morgan fingerprint density at radius 1 is 1.10 bits per heavy atom. The lowest BCUT2D eigenvalue weighted by Crippen LogP contribution is -2.40. The van der Waals surface area contributed by atoms with E-state index in [1.165, 1.54) is 16.4 Å². The van der Waals surface area contributed by atoms with Crippen LogP contribution in [0, 0.1) is 0 Å². The monoisotopic (exact) mass is 434 g/mol. The lowest BCUT2D eigenvalue weighted by Gasteiger charge is -2.26. The molecule has 2 aromatic rings. The van der Waals surface area contributed by atoms with Crippen LogP contribution in [-0.4, -0.2) is 70.6 Å². The fraction of sp³-hybridized carbons (Fsp3) is 0.381. The van der Waals surface area contributed by atoms with Crippen LogP contribution < -0.4 is 9.47 Å². The molecule has 1 aliphatic heterocycles. The Labute approximate surface area is 177 Å². The quantitative estimate of drug-likeness (QED) is 0.629. The van der Waals surface area contributed by atoms with Crippen LogP contribution in [0.2, 0.25) is 0 Å². The van der Waals surface area contributed by atoms with E-state index in [1.807, 2.05) is 24.3 Å². The van der Waals surface area contributed by atoms with Gasteiger partial charge in [0, 0.05) is 26.7 Å². The fourth-order valence-electron chi connectivity index (χ4n) is 3.03. The van der Waals surface area contributed by atoms with Gasteiger partial charge in [-0.1, -0.05) is 12.1 Å². The van der Waals surface area contributed by atoms with Gasteiger partial charge in [0.1, 0.15) is 11.5 Å². The molecule has 0 spiro atoms. The second-order valence-electron chi connectivity index (χ2n) is 6.88. The van der Waals surface area contributed by atoms with Gasteiger partial charge in [-0.15, -0.1) is 0 Å². The third-order valence-electron chi connectivity index (χ3n) is 4.77. The van der Waals surface area contributed by atoms with Crippen LogP contribution >= 0.6 is 0 Å². The predicted molar refractivity (Wildman–Crippen MR) is 111 cm³/mol. The van der Waals surface area contributed by atoms with Crippen LogP contribution in [0.5, 0.6) is 11.5 Å². The van der Waals surface area contributed by atoms with E-state index in [-0.39, 0.29) is 17.4 Å². The van der Waals surface area contributed by atoms with Crippen LogP contribution in [0.25, 0.3) is 0 Å². The van der Waals surface area contributed by atoms with Gasteiger partial charge in [0.15, 0.2) is 6.61 Å². The van der Waals surface area contributed by atoms with Crippen molar-refractivity contribution in [1.29, 1.82) is 0 Å². The summed E-state index contributed by atoms with van der Waals surface area (Å²) >= 11 is 0. The first kappa shape index (κ1) is 22.1. The summed E-state index contributed by atoms with van der Waals surface area (Å²) in [5.41, 5.74) is 0.947. The molecule has 1 heterocycles. The summed E-state index contributed by atoms with van der Waals surface area (Å²) < 4.78 is 42.6. The van der Waals surface area contributed by atoms with Gasteiger partial charge in [-0.2, -0.15) is 4.31 Å². The van der Waals surface area contributed by atoms with Crippen LogP contribution in [0.15, 0.2) is 53.4 Å². The van der Waals surface area contributed by atoms with Crippen molar-refractivity contribution in [1.82, 2.24) is 9.21 Å². The van der Waals surface area contributed by atoms with Crippen molar-refractivity contribution in [2.24, 2.45) is 0 Å². The Balaban J connectivity index is 1.54. The molecule has 8 nitrogen and oxygen atoms in total. The van der Waals surface area contributed by atoms with Crippen LogP contribution in [-0.2, 0) is 26.1 Å². The number of nitrogens with zero attached hydrogens (tertiary/aromatic N) is 2. The molecule has 1 fully saturated rings. The van der Waals surface area contributed by atoms with Gasteiger partial charge in [0.05, 0.1) is 25.2 Å². The van der Waals surface area contributed by atoms with Crippen molar-refractivity contribution < 1.29 is 27.4 Å². The van der Waals surface area contributed by atoms with Gasteiger partial charge in [0.25, 0.3) is 5.91 Å². The van der Waals surface area contributed by atoms with Gasteiger partial charge >= 0.3 is 0 Å². The highest BCUT2D eigenvalue weighted by Gasteiger charge is 2.26. The zero-order chi connectivity index (χ0) is 21.6. The molecule has 0 N–H and O–H groups in total. The second-order valence-corrected chi connectivity index (χ2v) is 8.82. The van der Waals surface area contributed by atoms with Crippen molar-refractivity contribution >= 4 is 15.9 Å². The van der Waals surface area contributed by atoms with Gasteiger partial charge in [-0.25, -0.2) is 8.42 Å². The molecule has 0 unspecified atom stereocenters. The molecule has 0 saturated carbocycles. The number of methoxy groups -OCH3 is 1. The first-order chi connectivity index (χ1) is 14.4. The minimum atomic E-state index is -3.55. The van der Waals surface area contributed by atoms with Crippen LogP contribution in [0.4, 0.5) is 0 Å². The Hall–Kier alpha value is -2.62.